The lowest BCUT2D eigenvalue weighted by Gasteiger charge is -2.26. The summed E-state index contributed by atoms with van der Waals surface area (Å²) in [5.41, 5.74) is 3.85. The fourth-order valence-electron chi connectivity index (χ4n) is 4.47. The fraction of sp³-hybridized carbons (Fsp3) is 0.296. The topological polar surface area (TPSA) is 72.3 Å². The first-order chi connectivity index (χ1) is 17.1. The standard InChI is InChI=1S/C27H29N5O2S/c1-19(2)34-22-9-7-21(8-10-22)32-16-4-5-24(32)23-18-35-27(29-23)30-26(33)25-6-3-15-31(25)17-20-11-13-28-14-12-20/h3,6-15,18-19,24H,4-5,16-17H2,1-2H3,(H,29,30,33)/t24-/m1/s1. The van der Waals surface area contributed by atoms with E-state index in [4.69, 9.17) is 9.72 Å². The summed E-state index contributed by atoms with van der Waals surface area (Å²) in [6.07, 6.45) is 7.73. The summed E-state index contributed by atoms with van der Waals surface area (Å²) in [5, 5.41) is 5.67. The number of anilines is 2. The van der Waals surface area contributed by atoms with Crippen LogP contribution in [0.1, 0.15) is 54.5 Å². The number of rotatable bonds is 8. The van der Waals surface area contributed by atoms with Gasteiger partial charge in [0.25, 0.3) is 5.91 Å². The number of hydrogen-bond acceptors (Lipinski definition) is 6. The van der Waals surface area contributed by atoms with Crippen LogP contribution in [0.3, 0.4) is 0 Å². The molecule has 1 N–H and O–H groups in total. The third-order valence-corrected chi connectivity index (χ3v) is 6.82. The van der Waals surface area contributed by atoms with Gasteiger partial charge in [-0.3, -0.25) is 15.1 Å². The van der Waals surface area contributed by atoms with Gasteiger partial charge in [-0.25, -0.2) is 4.98 Å². The maximum Gasteiger partial charge on any atom is 0.274 e. The van der Waals surface area contributed by atoms with Crippen LogP contribution >= 0.6 is 11.3 Å². The van der Waals surface area contributed by atoms with E-state index in [9.17, 15) is 4.79 Å². The lowest BCUT2D eigenvalue weighted by molar-refractivity contribution is 0.101. The number of nitrogens with one attached hydrogen (secondary N) is 1. The van der Waals surface area contributed by atoms with Gasteiger partial charge in [0, 0.05) is 42.7 Å². The first-order valence-electron chi connectivity index (χ1n) is 11.9. The Bertz CT molecular complexity index is 1270. The first-order valence-corrected chi connectivity index (χ1v) is 12.8. The Balaban J connectivity index is 1.26. The molecule has 5 rings (SSSR count). The molecule has 0 unspecified atom stereocenters. The Morgan fingerprint density at radius 2 is 1.97 bits per heavy atom. The Kier molecular flexibility index (Phi) is 6.81. The second kappa shape index (κ2) is 10.3. The van der Waals surface area contributed by atoms with E-state index >= 15 is 0 Å². The summed E-state index contributed by atoms with van der Waals surface area (Å²) in [5.74, 6) is 0.723. The molecule has 3 aromatic heterocycles. The number of carbonyl (C=O) groups is 1. The van der Waals surface area contributed by atoms with Gasteiger partial charge in [0.15, 0.2) is 5.13 Å². The predicted octanol–water partition coefficient (Wildman–Crippen LogP) is 5.77. The summed E-state index contributed by atoms with van der Waals surface area (Å²) in [4.78, 5) is 24.2. The van der Waals surface area contributed by atoms with E-state index < -0.39 is 0 Å². The van der Waals surface area contributed by atoms with Gasteiger partial charge < -0.3 is 14.2 Å². The lowest BCUT2D eigenvalue weighted by Crippen LogP contribution is -2.23. The molecule has 1 aromatic carbocycles. The third kappa shape index (κ3) is 5.38. The van der Waals surface area contributed by atoms with Crippen molar-refractivity contribution in [2.45, 2.75) is 45.4 Å². The number of nitrogens with zero attached hydrogens (tertiary/aromatic N) is 4. The lowest BCUT2D eigenvalue weighted by atomic mass is 10.1. The van der Waals surface area contributed by atoms with E-state index in [0.717, 1.165) is 42.1 Å². The normalized spacial score (nSPS) is 15.5. The highest BCUT2D eigenvalue weighted by atomic mass is 32.1. The maximum atomic E-state index is 13.0. The minimum atomic E-state index is -0.158. The number of benzene rings is 1. The van der Waals surface area contributed by atoms with Gasteiger partial charge in [0.1, 0.15) is 11.4 Å². The monoisotopic (exact) mass is 487 g/mol. The van der Waals surface area contributed by atoms with Crippen LogP contribution in [0.2, 0.25) is 0 Å². The molecule has 0 radical (unpaired) electrons. The molecular weight excluding hydrogens is 458 g/mol. The average Bonchev–Trinajstić information content (AvgIpc) is 3.61. The highest BCUT2D eigenvalue weighted by Crippen LogP contribution is 2.37. The van der Waals surface area contributed by atoms with Crippen LogP contribution in [0.25, 0.3) is 0 Å². The first kappa shape index (κ1) is 23.1. The number of amides is 1. The van der Waals surface area contributed by atoms with Crippen LogP contribution in [-0.2, 0) is 6.54 Å². The minimum absolute atomic E-state index is 0.155. The van der Waals surface area contributed by atoms with Crippen molar-refractivity contribution in [3.8, 4) is 5.75 Å². The number of ether oxygens (including phenoxy) is 1. The number of aromatic nitrogens is 3. The Morgan fingerprint density at radius 3 is 2.74 bits per heavy atom. The van der Waals surface area contributed by atoms with E-state index in [1.54, 1.807) is 12.4 Å². The van der Waals surface area contributed by atoms with Gasteiger partial charge in [0.2, 0.25) is 0 Å². The molecular formula is C27H29N5O2S. The Labute approximate surface area is 209 Å². The van der Waals surface area contributed by atoms with Crippen LogP contribution in [0.15, 0.2) is 72.5 Å². The second-order valence-corrected chi connectivity index (χ2v) is 9.78. The zero-order valence-electron chi connectivity index (χ0n) is 19.9. The van der Waals surface area contributed by atoms with Crippen LogP contribution in [0, 0.1) is 0 Å². The smallest absolute Gasteiger partial charge is 0.274 e. The quantitative estimate of drug-likeness (QED) is 0.342. The van der Waals surface area contributed by atoms with Crippen molar-refractivity contribution in [2.75, 3.05) is 16.8 Å². The van der Waals surface area contributed by atoms with Gasteiger partial charge >= 0.3 is 0 Å². The highest BCUT2D eigenvalue weighted by molar-refractivity contribution is 7.14. The van der Waals surface area contributed by atoms with Crippen LogP contribution in [0.4, 0.5) is 10.8 Å². The molecule has 1 atom stereocenters. The number of pyridine rings is 1. The molecule has 4 heterocycles. The zero-order valence-corrected chi connectivity index (χ0v) is 20.7. The SMILES string of the molecule is CC(C)Oc1ccc(N2CCC[C@@H]2c2csc(NC(=O)c3cccn3Cc3ccncc3)n2)cc1. The van der Waals surface area contributed by atoms with Gasteiger partial charge in [-0.2, -0.15) is 0 Å². The number of carbonyl (C=O) groups excluding carboxylic acids is 1. The largest absolute Gasteiger partial charge is 0.491 e. The number of hydrogen-bond donors (Lipinski definition) is 1. The molecule has 1 aliphatic rings. The van der Waals surface area contributed by atoms with Crippen molar-refractivity contribution in [2.24, 2.45) is 0 Å². The van der Waals surface area contributed by atoms with Crippen molar-refractivity contribution >= 4 is 28.1 Å². The van der Waals surface area contributed by atoms with Gasteiger partial charge in [-0.05, 0) is 80.8 Å². The molecule has 0 bridgehead atoms. The second-order valence-electron chi connectivity index (χ2n) is 8.92. The molecule has 0 spiro atoms. The Hall–Kier alpha value is -3.65. The van der Waals surface area contributed by atoms with Gasteiger partial charge in [0.05, 0.1) is 17.8 Å². The summed E-state index contributed by atoms with van der Waals surface area (Å²) in [7, 11) is 0. The zero-order chi connectivity index (χ0) is 24.2. The van der Waals surface area contributed by atoms with Crippen molar-refractivity contribution in [3.05, 3.63) is 89.5 Å². The van der Waals surface area contributed by atoms with E-state index in [0.29, 0.717) is 17.4 Å². The average molecular weight is 488 g/mol. The van der Waals surface area contributed by atoms with Crippen LogP contribution in [0.5, 0.6) is 5.75 Å². The van der Waals surface area contributed by atoms with Crippen LogP contribution in [-0.4, -0.2) is 33.1 Å². The minimum Gasteiger partial charge on any atom is -0.491 e. The molecule has 8 heteroatoms. The summed E-state index contributed by atoms with van der Waals surface area (Å²) >= 11 is 1.47. The van der Waals surface area contributed by atoms with Crippen LogP contribution < -0.4 is 15.0 Å². The molecule has 0 saturated carbocycles. The molecule has 0 aliphatic carbocycles. The van der Waals surface area contributed by atoms with E-state index in [-0.39, 0.29) is 18.1 Å². The Morgan fingerprint density at radius 1 is 1.17 bits per heavy atom. The summed E-state index contributed by atoms with van der Waals surface area (Å²) in [6.45, 7) is 5.65. The molecule has 1 aliphatic heterocycles. The summed E-state index contributed by atoms with van der Waals surface area (Å²) in [6, 6.07) is 16.1. The molecule has 1 amide bonds. The van der Waals surface area contributed by atoms with E-state index in [2.05, 4.69) is 32.7 Å². The maximum absolute atomic E-state index is 13.0. The predicted molar refractivity (Wildman–Crippen MR) is 139 cm³/mol. The molecule has 1 saturated heterocycles. The molecule has 180 valence electrons. The van der Waals surface area contributed by atoms with E-state index in [1.165, 1.54) is 11.3 Å². The highest BCUT2D eigenvalue weighted by Gasteiger charge is 2.28. The van der Waals surface area contributed by atoms with Crippen molar-refractivity contribution in [3.63, 3.8) is 0 Å². The van der Waals surface area contributed by atoms with Gasteiger partial charge in [-0.1, -0.05) is 0 Å². The van der Waals surface area contributed by atoms with Crippen molar-refractivity contribution in [1.82, 2.24) is 14.5 Å². The summed E-state index contributed by atoms with van der Waals surface area (Å²) < 4.78 is 7.72. The van der Waals surface area contributed by atoms with Crippen molar-refractivity contribution < 1.29 is 9.53 Å². The molecule has 7 nitrogen and oxygen atoms in total. The molecule has 35 heavy (non-hydrogen) atoms. The van der Waals surface area contributed by atoms with Gasteiger partial charge in [-0.15, -0.1) is 11.3 Å². The van der Waals surface area contributed by atoms with Crippen molar-refractivity contribution in [1.29, 1.82) is 0 Å². The molecule has 4 aromatic rings. The van der Waals surface area contributed by atoms with E-state index in [1.807, 2.05) is 61.0 Å². The third-order valence-electron chi connectivity index (χ3n) is 6.04. The fourth-order valence-corrected chi connectivity index (χ4v) is 5.22. The molecule has 1 fully saturated rings. The number of thiazole rings is 1.